The maximum Gasteiger partial charge on any atom is 0.177 e. The molecule has 0 aliphatic heterocycles. The first-order valence-electron chi connectivity index (χ1n) is 6.29. The van der Waals surface area contributed by atoms with Gasteiger partial charge in [-0.05, 0) is 17.6 Å². The minimum absolute atomic E-state index is 0.0330. The second kappa shape index (κ2) is 5.61. The summed E-state index contributed by atoms with van der Waals surface area (Å²) >= 11 is 0. The van der Waals surface area contributed by atoms with E-state index < -0.39 is 5.92 Å². The van der Waals surface area contributed by atoms with Crippen LogP contribution in [0.5, 0.6) is 0 Å². The van der Waals surface area contributed by atoms with Crippen molar-refractivity contribution in [3.05, 3.63) is 72.4 Å². The highest BCUT2D eigenvalue weighted by Gasteiger charge is 2.33. The highest BCUT2D eigenvalue weighted by Crippen LogP contribution is 2.31. The Bertz CT molecular complexity index is 564. The second-order valence-corrected chi connectivity index (χ2v) is 4.52. The summed E-state index contributed by atoms with van der Waals surface area (Å²) in [5, 5.41) is 0. The average molecular weight is 252 g/mol. The van der Waals surface area contributed by atoms with Crippen molar-refractivity contribution in [1.29, 1.82) is 0 Å². The van der Waals surface area contributed by atoms with E-state index in [0.29, 0.717) is 24.0 Å². The van der Waals surface area contributed by atoms with Gasteiger partial charge in [0.05, 0.1) is 0 Å². The molecule has 19 heavy (non-hydrogen) atoms. The van der Waals surface area contributed by atoms with Gasteiger partial charge in [-0.1, -0.05) is 55.6 Å². The Balaban J connectivity index is 2.46. The van der Waals surface area contributed by atoms with E-state index in [-0.39, 0.29) is 11.6 Å². The van der Waals surface area contributed by atoms with Crippen molar-refractivity contribution in [2.45, 2.75) is 12.8 Å². The Kier molecular flexibility index (Phi) is 3.91. The molecule has 0 N–H and O–H groups in total. The first-order chi connectivity index (χ1) is 9.19. The molecule has 1 aromatic rings. The van der Waals surface area contributed by atoms with E-state index in [1.165, 1.54) is 0 Å². The van der Waals surface area contributed by atoms with Crippen molar-refractivity contribution in [2.24, 2.45) is 5.92 Å². The van der Waals surface area contributed by atoms with Crippen molar-refractivity contribution >= 4 is 11.6 Å². The summed E-state index contributed by atoms with van der Waals surface area (Å²) in [6.45, 7) is 7.48. The molecular formula is C17H16O2. The molecule has 0 fully saturated rings. The van der Waals surface area contributed by atoms with Gasteiger partial charge in [0.1, 0.15) is 11.7 Å². The lowest BCUT2D eigenvalue weighted by atomic mass is 9.77. The highest BCUT2D eigenvalue weighted by molar-refractivity contribution is 6.14. The molecule has 1 unspecified atom stereocenters. The van der Waals surface area contributed by atoms with Crippen LogP contribution in [0.3, 0.4) is 0 Å². The molecule has 0 amide bonds. The highest BCUT2D eigenvalue weighted by atomic mass is 16.1. The first kappa shape index (κ1) is 13.2. The molecule has 96 valence electrons. The largest absolute Gasteiger partial charge is 0.298 e. The average Bonchev–Trinajstić information content (AvgIpc) is 2.47. The van der Waals surface area contributed by atoms with E-state index in [1.54, 1.807) is 36.4 Å². The van der Waals surface area contributed by atoms with Crippen molar-refractivity contribution in [3.8, 4) is 0 Å². The lowest BCUT2D eigenvalue weighted by Crippen LogP contribution is -2.29. The van der Waals surface area contributed by atoms with Crippen LogP contribution in [0.15, 0.2) is 66.8 Å². The molecule has 0 bridgehead atoms. The number of hydrogen-bond donors (Lipinski definition) is 0. The van der Waals surface area contributed by atoms with Crippen molar-refractivity contribution in [3.63, 3.8) is 0 Å². The Labute approximate surface area is 113 Å². The normalized spacial score (nSPS) is 19.2. The minimum atomic E-state index is -0.721. The lowest BCUT2D eigenvalue weighted by molar-refractivity contribution is -0.120. The van der Waals surface area contributed by atoms with Gasteiger partial charge in [-0.15, -0.1) is 0 Å². The predicted molar refractivity (Wildman–Crippen MR) is 75.9 cm³/mol. The van der Waals surface area contributed by atoms with Gasteiger partial charge in [-0.25, -0.2) is 0 Å². The van der Waals surface area contributed by atoms with Gasteiger partial charge >= 0.3 is 0 Å². The van der Waals surface area contributed by atoms with E-state index in [1.807, 2.05) is 6.07 Å². The summed E-state index contributed by atoms with van der Waals surface area (Å²) in [6.07, 6.45) is 4.36. The zero-order chi connectivity index (χ0) is 13.8. The lowest BCUT2D eigenvalue weighted by Gasteiger charge is -2.23. The monoisotopic (exact) mass is 252 g/mol. The smallest absolute Gasteiger partial charge is 0.177 e. The molecule has 0 radical (unpaired) electrons. The molecule has 0 aromatic heterocycles. The molecule has 0 saturated carbocycles. The van der Waals surface area contributed by atoms with Crippen molar-refractivity contribution in [2.75, 3.05) is 0 Å². The van der Waals surface area contributed by atoms with Crippen LogP contribution in [0, 0.1) is 5.92 Å². The predicted octanol–water partition coefficient (Wildman–Crippen LogP) is 3.52. The summed E-state index contributed by atoms with van der Waals surface area (Å²) in [7, 11) is 0. The quantitative estimate of drug-likeness (QED) is 0.607. The summed E-state index contributed by atoms with van der Waals surface area (Å²) in [5.41, 5.74) is 2.22. The van der Waals surface area contributed by atoms with Gasteiger partial charge in [-0.3, -0.25) is 9.59 Å². The molecule has 1 aromatic carbocycles. The number of carbonyl (C=O) groups is 2. The topological polar surface area (TPSA) is 34.1 Å². The fraction of sp³-hybridized carbons (Fsp3) is 0.176. The van der Waals surface area contributed by atoms with Crippen LogP contribution < -0.4 is 0 Å². The van der Waals surface area contributed by atoms with E-state index in [0.717, 1.165) is 5.57 Å². The SMILES string of the molecule is C=CC1=C(C=C)C(C(=O)c2ccccc2)C(=O)CC1. The zero-order valence-electron chi connectivity index (χ0n) is 10.8. The number of hydrogen-bond acceptors (Lipinski definition) is 2. The van der Waals surface area contributed by atoms with Crippen LogP contribution in [-0.2, 0) is 4.79 Å². The molecule has 1 aliphatic carbocycles. The molecule has 2 nitrogen and oxygen atoms in total. The number of Topliss-reactive ketones (excluding diaryl/α,β-unsaturated/α-hetero) is 2. The van der Waals surface area contributed by atoms with Crippen LogP contribution in [0.4, 0.5) is 0 Å². The van der Waals surface area contributed by atoms with Gasteiger partial charge in [-0.2, -0.15) is 0 Å². The van der Waals surface area contributed by atoms with Crippen LogP contribution >= 0.6 is 0 Å². The summed E-state index contributed by atoms with van der Waals surface area (Å²) in [5.74, 6) is -0.907. The zero-order valence-corrected chi connectivity index (χ0v) is 10.8. The van der Waals surface area contributed by atoms with Gasteiger partial charge in [0, 0.05) is 12.0 Å². The summed E-state index contributed by atoms with van der Waals surface area (Å²) in [4.78, 5) is 24.6. The number of allylic oxidation sites excluding steroid dienone is 4. The number of benzene rings is 1. The van der Waals surface area contributed by atoms with Crippen LogP contribution in [0.1, 0.15) is 23.2 Å². The molecule has 0 saturated heterocycles. The van der Waals surface area contributed by atoms with E-state index in [9.17, 15) is 9.59 Å². The van der Waals surface area contributed by atoms with Crippen LogP contribution in [0.2, 0.25) is 0 Å². The molecule has 2 heteroatoms. The Morgan fingerprint density at radius 2 is 1.79 bits per heavy atom. The molecule has 1 atom stereocenters. The molecule has 1 aliphatic rings. The number of carbonyl (C=O) groups excluding carboxylic acids is 2. The number of ketones is 2. The van der Waals surface area contributed by atoms with E-state index in [2.05, 4.69) is 13.2 Å². The van der Waals surface area contributed by atoms with Crippen molar-refractivity contribution < 1.29 is 9.59 Å². The Morgan fingerprint density at radius 3 is 2.37 bits per heavy atom. The third-order valence-electron chi connectivity index (χ3n) is 3.43. The maximum atomic E-state index is 12.5. The Morgan fingerprint density at radius 1 is 1.11 bits per heavy atom. The fourth-order valence-electron chi connectivity index (χ4n) is 2.43. The molecule has 2 rings (SSSR count). The first-order valence-corrected chi connectivity index (χ1v) is 6.29. The molecule has 0 heterocycles. The maximum absolute atomic E-state index is 12.5. The standard InChI is InChI=1S/C17H16O2/c1-3-12-10-11-15(18)16(14(12)4-2)17(19)13-8-6-5-7-9-13/h3-9,16H,1-2,10-11H2. The fourth-order valence-corrected chi connectivity index (χ4v) is 2.43. The van der Waals surface area contributed by atoms with Gasteiger partial charge < -0.3 is 0 Å². The minimum Gasteiger partial charge on any atom is -0.298 e. The van der Waals surface area contributed by atoms with Crippen molar-refractivity contribution in [1.82, 2.24) is 0 Å². The third-order valence-corrected chi connectivity index (χ3v) is 3.43. The summed E-state index contributed by atoms with van der Waals surface area (Å²) in [6, 6.07) is 8.91. The van der Waals surface area contributed by atoms with Gasteiger partial charge in [0.15, 0.2) is 5.78 Å². The van der Waals surface area contributed by atoms with Crippen LogP contribution in [-0.4, -0.2) is 11.6 Å². The molecular weight excluding hydrogens is 236 g/mol. The van der Waals surface area contributed by atoms with Gasteiger partial charge in [0.2, 0.25) is 0 Å². The second-order valence-electron chi connectivity index (χ2n) is 4.52. The Hall–Kier alpha value is -2.22. The van der Waals surface area contributed by atoms with E-state index in [4.69, 9.17) is 0 Å². The summed E-state index contributed by atoms with van der Waals surface area (Å²) < 4.78 is 0. The van der Waals surface area contributed by atoms with Gasteiger partial charge in [0.25, 0.3) is 0 Å². The third kappa shape index (κ3) is 2.48. The van der Waals surface area contributed by atoms with E-state index >= 15 is 0 Å². The molecule has 0 spiro atoms. The van der Waals surface area contributed by atoms with Crippen LogP contribution in [0.25, 0.3) is 0 Å². The number of rotatable bonds is 4.